The molecule has 0 radical (unpaired) electrons. The normalized spacial score (nSPS) is 14.5. The molecule has 0 aliphatic carbocycles. The van der Waals surface area contributed by atoms with Crippen LogP contribution in [0, 0.1) is 5.92 Å². The Labute approximate surface area is 186 Å². The molecule has 2 amide bonds. The maximum absolute atomic E-state index is 12.7. The quantitative estimate of drug-likeness (QED) is 0.504. The number of hydrogen-bond acceptors (Lipinski definition) is 5. The lowest BCUT2D eigenvalue weighted by Gasteiger charge is -2.35. The van der Waals surface area contributed by atoms with Gasteiger partial charge in [0, 0.05) is 58.7 Å². The van der Waals surface area contributed by atoms with Gasteiger partial charge in [0.2, 0.25) is 11.8 Å². The van der Waals surface area contributed by atoms with Crippen LogP contribution in [0.15, 0.2) is 30.3 Å². The Morgan fingerprint density at radius 2 is 1.68 bits per heavy atom. The van der Waals surface area contributed by atoms with Gasteiger partial charge in [-0.05, 0) is 18.4 Å². The molecular formula is C24H37N3O4. The van der Waals surface area contributed by atoms with Gasteiger partial charge in [-0.2, -0.15) is 0 Å². The van der Waals surface area contributed by atoms with Crippen molar-refractivity contribution in [1.29, 1.82) is 0 Å². The number of ether oxygens (including phenoxy) is 1. The van der Waals surface area contributed by atoms with E-state index in [-0.39, 0.29) is 30.6 Å². The van der Waals surface area contributed by atoms with Crippen molar-refractivity contribution in [3.8, 4) is 0 Å². The fourth-order valence-electron chi connectivity index (χ4n) is 3.74. The van der Waals surface area contributed by atoms with E-state index in [0.717, 1.165) is 19.6 Å². The van der Waals surface area contributed by atoms with Crippen molar-refractivity contribution in [1.82, 2.24) is 14.7 Å². The van der Waals surface area contributed by atoms with Crippen molar-refractivity contribution in [2.75, 3.05) is 45.9 Å². The summed E-state index contributed by atoms with van der Waals surface area (Å²) < 4.78 is 4.90. The zero-order valence-electron chi connectivity index (χ0n) is 19.2. The molecule has 0 atom stereocenters. The third-order valence-corrected chi connectivity index (χ3v) is 5.36. The molecular weight excluding hydrogens is 394 g/mol. The molecule has 1 aliphatic rings. The first kappa shape index (κ1) is 24.9. The van der Waals surface area contributed by atoms with Crippen LogP contribution in [-0.2, 0) is 25.7 Å². The summed E-state index contributed by atoms with van der Waals surface area (Å²) in [6.45, 7) is 11.2. The predicted molar refractivity (Wildman–Crippen MR) is 120 cm³/mol. The minimum absolute atomic E-state index is 0.0819. The summed E-state index contributed by atoms with van der Waals surface area (Å²) in [5, 5.41) is 0. The Hall–Kier alpha value is -2.41. The highest BCUT2D eigenvalue weighted by Crippen LogP contribution is 2.11. The van der Waals surface area contributed by atoms with Crippen LogP contribution in [0.5, 0.6) is 0 Å². The van der Waals surface area contributed by atoms with E-state index in [1.165, 1.54) is 5.56 Å². The Kier molecular flexibility index (Phi) is 10.5. The highest BCUT2D eigenvalue weighted by molar-refractivity contribution is 5.82. The van der Waals surface area contributed by atoms with Crippen LogP contribution < -0.4 is 0 Å². The zero-order valence-corrected chi connectivity index (χ0v) is 19.2. The van der Waals surface area contributed by atoms with Crippen molar-refractivity contribution in [2.24, 2.45) is 5.92 Å². The van der Waals surface area contributed by atoms with Crippen LogP contribution in [0.2, 0.25) is 0 Å². The van der Waals surface area contributed by atoms with Gasteiger partial charge < -0.3 is 14.5 Å². The number of rotatable bonds is 11. The van der Waals surface area contributed by atoms with Gasteiger partial charge in [-0.1, -0.05) is 44.2 Å². The largest absolute Gasteiger partial charge is 0.466 e. The summed E-state index contributed by atoms with van der Waals surface area (Å²) in [4.78, 5) is 42.8. The monoisotopic (exact) mass is 431 g/mol. The Morgan fingerprint density at radius 3 is 2.29 bits per heavy atom. The molecule has 1 heterocycles. The van der Waals surface area contributed by atoms with Gasteiger partial charge >= 0.3 is 5.97 Å². The van der Waals surface area contributed by atoms with Gasteiger partial charge in [-0.15, -0.1) is 0 Å². The van der Waals surface area contributed by atoms with Crippen LogP contribution in [0.3, 0.4) is 0 Å². The number of hydrogen-bond donors (Lipinski definition) is 0. The number of nitrogens with zero attached hydrogens (tertiary/aromatic N) is 3. The number of benzene rings is 1. The highest BCUT2D eigenvalue weighted by atomic mass is 16.5. The van der Waals surface area contributed by atoms with Gasteiger partial charge in [0.1, 0.15) is 0 Å². The third kappa shape index (κ3) is 9.09. The van der Waals surface area contributed by atoms with Gasteiger partial charge in [0.15, 0.2) is 0 Å². The number of carbonyl (C=O) groups excluding carboxylic acids is 3. The SMILES string of the molecule is CCOC(=O)CCC(=O)N(CCC(=O)N1CCN(Cc2ccccc2)CC1)CC(C)C. The Bertz CT molecular complexity index is 700. The number of carbonyl (C=O) groups is 3. The first-order valence-corrected chi connectivity index (χ1v) is 11.4. The van der Waals surface area contributed by atoms with E-state index in [2.05, 4.69) is 17.0 Å². The van der Waals surface area contributed by atoms with Gasteiger partial charge in [-0.3, -0.25) is 19.3 Å². The average Bonchev–Trinajstić information content (AvgIpc) is 2.76. The summed E-state index contributed by atoms with van der Waals surface area (Å²) in [5.41, 5.74) is 1.29. The molecule has 0 N–H and O–H groups in total. The first-order chi connectivity index (χ1) is 14.9. The molecule has 1 fully saturated rings. The van der Waals surface area contributed by atoms with Gasteiger partial charge in [0.05, 0.1) is 13.0 Å². The molecule has 1 saturated heterocycles. The van der Waals surface area contributed by atoms with Crippen molar-refractivity contribution in [3.05, 3.63) is 35.9 Å². The molecule has 1 aromatic carbocycles. The molecule has 7 nitrogen and oxygen atoms in total. The smallest absolute Gasteiger partial charge is 0.306 e. The predicted octanol–water partition coefficient (Wildman–Crippen LogP) is 2.55. The van der Waals surface area contributed by atoms with E-state index in [1.807, 2.05) is 36.9 Å². The summed E-state index contributed by atoms with van der Waals surface area (Å²) in [5.74, 6) is -0.0680. The first-order valence-electron chi connectivity index (χ1n) is 11.4. The lowest BCUT2D eigenvalue weighted by molar-refractivity contribution is -0.146. The number of piperazine rings is 1. The third-order valence-electron chi connectivity index (χ3n) is 5.36. The molecule has 1 aromatic rings. The average molecular weight is 432 g/mol. The highest BCUT2D eigenvalue weighted by Gasteiger charge is 2.23. The molecule has 0 unspecified atom stereocenters. The van der Waals surface area contributed by atoms with Crippen LogP contribution in [0.4, 0.5) is 0 Å². The Morgan fingerprint density at radius 1 is 1.00 bits per heavy atom. The zero-order chi connectivity index (χ0) is 22.6. The standard InChI is InChI=1S/C24H37N3O4/c1-4-31-24(30)11-10-22(28)27(18-20(2)3)13-12-23(29)26-16-14-25(15-17-26)19-21-8-6-5-7-9-21/h5-9,20H,4,10-19H2,1-3H3. The number of esters is 1. The molecule has 2 rings (SSSR count). The van der Waals surface area contributed by atoms with Crippen molar-refractivity contribution in [2.45, 2.75) is 46.6 Å². The van der Waals surface area contributed by atoms with E-state index in [1.54, 1.807) is 11.8 Å². The van der Waals surface area contributed by atoms with Crippen LogP contribution >= 0.6 is 0 Å². The van der Waals surface area contributed by atoms with E-state index in [4.69, 9.17) is 4.74 Å². The van der Waals surface area contributed by atoms with Gasteiger partial charge in [-0.25, -0.2) is 0 Å². The Balaban J connectivity index is 1.77. The van der Waals surface area contributed by atoms with Gasteiger partial charge in [0.25, 0.3) is 0 Å². The lowest BCUT2D eigenvalue weighted by atomic mass is 10.1. The summed E-state index contributed by atoms with van der Waals surface area (Å²) in [6, 6.07) is 10.4. The summed E-state index contributed by atoms with van der Waals surface area (Å²) in [7, 11) is 0. The fraction of sp³-hybridized carbons (Fsp3) is 0.625. The van der Waals surface area contributed by atoms with Crippen molar-refractivity contribution in [3.63, 3.8) is 0 Å². The van der Waals surface area contributed by atoms with E-state index < -0.39 is 0 Å². The summed E-state index contributed by atoms with van der Waals surface area (Å²) in [6.07, 6.45) is 0.521. The molecule has 0 spiro atoms. The molecule has 0 bridgehead atoms. The second-order valence-corrected chi connectivity index (χ2v) is 8.43. The minimum atomic E-state index is -0.357. The molecule has 172 valence electrons. The second-order valence-electron chi connectivity index (χ2n) is 8.43. The summed E-state index contributed by atoms with van der Waals surface area (Å²) >= 11 is 0. The van der Waals surface area contributed by atoms with Crippen LogP contribution in [0.1, 0.15) is 45.6 Å². The molecule has 1 aliphatic heterocycles. The molecule has 0 aromatic heterocycles. The molecule has 7 heteroatoms. The van der Waals surface area contributed by atoms with E-state index in [9.17, 15) is 14.4 Å². The second kappa shape index (κ2) is 13.1. The van der Waals surface area contributed by atoms with E-state index in [0.29, 0.717) is 45.1 Å². The van der Waals surface area contributed by atoms with Crippen LogP contribution in [0.25, 0.3) is 0 Å². The van der Waals surface area contributed by atoms with E-state index >= 15 is 0 Å². The van der Waals surface area contributed by atoms with Crippen molar-refractivity contribution < 1.29 is 19.1 Å². The molecule has 31 heavy (non-hydrogen) atoms. The molecule has 0 saturated carbocycles. The minimum Gasteiger partial charge on any atom is -0.466 e. The lowest BCUT2D eigenvalue weighted by Crippen LogP contribution is -2.49. The maximum Gasteiger partial charge on any atom is 0.306 e. The maximum atomic E-state index is 12.7. The van der Waals surface area contributed by atoms with Crippen LogP contribution in [-0.4, -0.2) is 78.4 Å². The topological polar surface area (TPSA) is 70.2 Å². The van der Waals surface area contributed by atoms with Crippen molar-refractivity contribution >= 4 is 17.8 Å². The number of amides is 2. The fourth-order valence-corrected chi connectivity index (χ4v) is 3.74.